The van der Waals surface area contributed by atoms with Crippen molar-refractivity contribution in [2.24, 2.45) is 5.73 Å². The quantitative estimate of drug-likeness (QED) is 0.883. The van der Waals surface area contributed by atoms with Gasteiger partial charge in [0.15, 0.2) is 0 Å². The zero-order chi connectivity index (χ0) is 15.7. The number of pyridine rings is 1. The number of alkyl halides is 3. The summed E-state index contributed by atoms with van der Waals surface area (Å²) in [6.07, 6.45) is 1.09. The molecule has 6 heteroatoms. The number of hydrogen-bond acceptors (Lipinski definition) is 3. The predicted octanol–water partition coefficient (Wildman–Crippen LogP) is 3.94. The molecule has 0 unspecified atom stereocenters. The van der Waals surface area contributed by atoms with Crippen LogP contribution in [0, 0.1) is 0 Å². The van der Waals surface area contributed by atoms with Crippen molar-refractivity contribution in [1.82, 2.24) is 4.98 Å². The summed E-state index contributed by atoms with van der Waals surface area (Å²) in [5.41, 5.74) is 6.41. The molecule has 1 heterocycles. The molecular weight excluding hydrogens is 291 g/mol. The third-order valence-electron chi connectivity index (χ3n) is 4.20. The molecule has 3 N–H and O–H groups in total. The van der Waals surface area contributed by atoms with Crippen molar-refractivity contribution in [2.45, 2.75) is 43.9 Å². The molecule has 0 atom stereocenters. The van der Waals surface area contributed by atoms with Crippen LogP contribution in [0.4, 0.5) is 18.9 Å². The largest absolute Gasteiger partial charge is 0.416 e. The van der Waals surface area contributed by atoms with E-state index in [1.807, 2.05) is 6.07 Å². The van der Waals surface area contributed by atoms with Crippen LogP contribution in [0.15, 0.2) is 30.5 Å². The van der Waals surface area contributed by atoms with E-state index < -0.39 is 11.7 Å². The Morgan fingerprint density at radius 1 is 1.09 bits per heavy atom. The van der Waals surface area contributed by atoms with E-state index in [0.29, 0.717) is 16.9 Å². The molecule has 1 saturated carbocycles. The Kier molecular flexibility index (Phi) is 3.95. The van der Waals surface area contributed by atoms with E-state index in [9.17, 15) is 13.2 Å². The summed E-state index contributed by atoms with van der Waals surface area (Å²) < 4.78 is 38.3. The molecule has 1 aliphatic carbocycles. The first kappa shape index (κ1) is 15.1. The fourth-order valence-corrected chi connectivity index (χ4v) is 2.93. The van der Waals surface area contributed by atoms with Crippen LogP contribution in [0.3, 0.4) is 0 Å². The van der Waals surface area contributed by atoms with E-state index in [4.69, 9.17) is 5.73 Å². The summed E-state index contributed by atoms with van der Waals surface area (Å²) >= 11 is 0. The van der Waals surface area contributed by atoms with Crippen LogP contribution in [-0.4, -0.2) is 17.1 Å². The van der Waals surface area contributed by atoms with E-state index in [0.717, 1.165) is 43.5 Å². The van der Waals surface area contributed by atoms with Gasteiger partial charge in [-0.15, -0.1) is 0 Å². The highest BCUT2D eigenvalue weighted by Gasteiger charge is 2.30. The maximum atomic E-state index is 12.8. The molecule has 22 heavy (non-hydrogen) atoms. The van der Waals surface area contributed by atoms with Crippen LogP contribution in [0.2, 0.25) is 0 Å². The lowest BCUT2D eigenvalue weighted by molar-refractivity contribution is -0.137. The average molecular weight is 309 g/mol. The van der Waals surface area contributed by atoms with Crippen LogP contribution in [0.5, 0.6) is 0 Å². The fourth-order valence-electron chi connectivity index (χ4n) is 2.93. The van der Waals surface area contributed by atoms with Crippen molar-refractivity contribution in [2.75, 3.05) is 5.32 Å². The first-order chi connectivity index (χ1) is 10.4. The Morgan fingerprint density at radius 2 is 1.82 bits per heavy atom. The zero-order valence-electron chi connectivity index (χ0n) is 12.0. The summed E-state index contributed by atoms with van der Waals surface area (Å²) in [7, 11) is 0. The second-order valence-electron chi connectivity index (χ2n) is 5.84. The molecule has 3 rings (SSSR count). The number of nitrogens with two attached hydrogens (primary N) is 1. The standard InChI is InChI=1S/C16H18F3N3/c17-16(18,19)10-1-6-13-14(7-8-21-15(13)9-10)22-12-4-2-11(20)3-5-12/h1,6-9,11-12H,2-5,20H2,(H,21,22)/t11-,12-. The van der Waals surface area contributed by atoms with Gasteiger partial charge in [0.05, 0.1) is 11.1 Å². The van der Waals surface area contributed by atoms with E-state index in [-0.39, 0.29) is 6.04 Å². The Bertz CT molecular complexity index is 661. The Morgan fingerprint density at radius 3 is 2.50 bits per heavy atom. The van der Waals surface area contributed by atoms with Crippen molar-refractivity contribution in [3.63, 3.8) is 0 Å². The number of aromatic nitrogens is 1. The first-order valence-electron chi connectivity index (χ1n) is 7.41. The van der Waals surface area contributed by atoms with Crippen molar-refractivity contribution < 1.29 is 13.2 Å². The molecule has 2 aromatic rings. The van der Waals surface area contributed by atoms with E-state index in [1.54, 1.807) is 6.20 Å². The molecule has 0 saturated heterocycles. The lowest BCUT2D eigenvalue weighted by Gasteiger charge is -2.28. The number of fused-ring (bicyclic) bond motifs is 1. The van der Waals surface area contributed by atoms with Gasteiger partial charge < -0.3 is 11.1 Å². The smallest absolute Gasteiger partial charge is 0.382 e. The molecule has 0 aliphatic heterocycles. The van der Waals surface area contributed by atoms with Gasteiger partial charge in [-0.1, -0.05) is 6.07 Å². The molecule has 0 radical (unpaired) electrons. The highest BCUT2D eigenvalue weighted by atomic mass is 19.4. The normalized spacial score (nSPS) is 22.7. The molecular formula is C16H18F3N3. The van der Waals surface area contributed by atoms with Crippen LogP contribution in [0.25, 0.3) is 10.9 Å². The maximum absolute atomic E-state index is 12.8. The molecule has 3 nitrogen and oxygen atoms in total. The zero-order valence-corrected chi connectivity index (χ0v) is 12.0. The van der Waals surface area contributed by atoms with Gasteiger partial charge in [-0.3, -0.25) is 4.98 Å². The number of nitrogens with one attached hydrogen (secondary N) is 1. The highest BCUT2D eigenvalue weighted by molar-refractivity contribution is 5.91. The lowest BCUT2D eigenvalue weighted by Crippen LogP contribution is -2.32. The summed E-state index contributed by atoms with van der Waals surface area (Å²) in [5.74, 6) is 0. The van der Waals surface area contributed by atoms with Gasteiger partial charge in [-0.2, -0.15) is 13.2 Å². The van der Waals surface area contributed by atoms with Gasteiger partial charge in [-0.25, -0.2) is 0 Å². The van der Waals surface area contributed by atoms with Crippen molar-refractivity contribution >= 4 is 16.6 Å². The van der Waals surface area contributed by atoms with Gasteiger partial charge in [0, 0.05) is 29.4 Å². The molecule has 1 fully saturated rings. The van der Waals surface area contributed by atoms with Gasteiger partial charge in [0.2, 0.25) is 0 Å². The van der Waals surface area contributed by atoms with Gasteiger partial charge in [0.1, 0.15) is 0 Å². The van der Waals surface area contributed by atoms with Crippen molar-refractivity contribution in [3.8, 4) is 0 Å². The van der Waals surface area contributed by atoms with Crippen LogP contribution < -0.4 is 11.1 Å². The monoisotopic (exact) mass is 309 g/mol. The van der Waals surface area contributed by atoms with Gasteiger partial charge in [-0.05, 0) is 43.9 Å². The summed E-state index contributed by atoms with van der Waals surface area (Å²) in [4.78, 5) is 4.06. The maximum Gasteiger partial charge on any atom is 0.416 e. The average Bonchev–Trinajstić information content (AvgIpc) is 2.48. The highest BCUT2D eigenvalue weighted by Crippen LogP contribution is 2.33. The number of halogens is 3. The molecule has 0 amide bonds. The van der Waals surface area contributed by atoms with Crippen molar-refractivity contribution in [1.29, 1.82) is 0 Å². The van der Waals surface area contributed by atoms with Gasteiger partial charge in [0.25, 0.3) is 0 Å². The van der Waals surface area contributed by atoms with Gasteiger partial charge >= 0.3 is 6.18 Å². The van der Waals surface area contributed by atoms with Crippen LogP contribution in [-0.2, 0) is 6.18 Å². The molecule has 0 spiro atoms. The van der Waals surface area contributed by atoms with Crippen molar-refractivity contribution in [3.05, 3.63) is 36.0 Å². The Hall–Kier alpha value is -1.82. The fraction of sp³-hybridized carbons (Fsp3) is 0.438. The lowest BCUT2D eigenvalue weighted by atomic mass is 9.91. The Labute approximate surface area is 126 Å². The number of benzene rings is 1. The molecule has 0 bridgehead atoms. The molecule has 1 aromatic heterocycles. The molecule has 1 aromatic carbocycles. The molecule has 1 aliphatic rings. The number of anilines is 1. The number of rotatable bonds is 2. The van der Waals surface area contributed by atoms with Crippen LogP contribution >= 0.6 is 0 Å². The van der Waals surface area contributed by atoms with Crippen LogP contribution in [0.1, 0.15) is 31.2 Å². The minimum absolute atomic E-state index is 0.265. The first-order valence-corrected chi connectivity index (χ1v) is 7.41. The van der Waals surface area contributed by atoms with E-state index in [1.165, 1.54) is 6.07 Å². The predicted molar refractivity (Wildman–Crippen MR) is 80.6 cm³/mol. The number of hydrogen-bond donors (Lipinski definition) is 2. The third kappa shape index (κ3) is 3.16. The second kappa shape index (κ2) is 5.76. The Balaban J connectivity index is 1.87. The van der Waals surface area contributed by atoms with E-state index in [2.05, 4.69) is 10.3 Å². The SMILES string of the molecule is N[C@H]1CC[C@H](Nc2ccnc3cc(C(F)(F)F)ccc23)CC1. The number of nitrogens with zero attached hydrogens (tertiary/aromatic N) is 1. The minimum Gasteiger partial charge on any atom is -0.382 e. The third-order valence-corrected chi connectivity index (χ3v) is 4.20. The summed E-state index contributed by atoms with van der Waals surface area (Å²) in [6.45, 7) is 0. The molecule has 118 valence electrons. The minimum atomic E-state index is -4.35. The summed E-state index contributed by atoms with van der Waals surface area (Å²) in [6, 6.07) is 6.07. The topological polar surface area (TPSA) is 50.9 Å². The van der Waals surface area contributed by atoms with E-state index >= 15 is 0 Å². The summed E-state index contributed by atoms with van der Waals surface area (Å²) in [5, 5.41) is 4.14. The second-order valence-corrected chi connectivity index (χ2v) is 5.84.